The van der Waals surface area contributed by atoms with Crippen molar-refractivity contribution in [1.82, 2.24) is 20.2 Å². The molecule has 1 atom stereocenters. The van der Waals surface area contributed by atoms with Gasteiger partial charge in [-0.1, -0.05) is 72.8 Å². The number of anilines is 1. The summed E-state index contributed by atoms with van der Waals surface area (Å²) in [5, 5.41) is 16.8. The first-order valence-electron chi connectivity index (χ1n) is 11.1. The normalized spacial score (nSPS) is 12.0. The molecule has 0 fully saturated rings. The van der Waals surface area contributed by atoms with Crippen molar-refractivity contribution in [1.29, 1.82) is 0 Å². The van der Waals surface area contributed by atoms with Crippen LogP contribution in [0.3, 0.4) is 0 Å². The smallest absolute Gasteiger partial charge is 0.180 e. The zero-order valence-corrected chi connectivity index (χ0v) is 19.8. The molecule has 0 amide bonds. The van der Waals surface area contributed by atoms with E-state index in [2.05, 4.69) is 64.2 Å². The molecule has 0 saturated carbocycles. The highest BCUT2D eigenvalue weighted by molar-refractivity contribution is 7.12. The highest BCUT2D eigenvalue weighted by Crippen LogP contribution is 2.36. The molecule has 0 aliphatic carbocycles. The van der Waals surface area contributed by atoms with Crippen LogP contribution in [0.5, 0.6) is 5.75 Å². The molecule has 3 aromatic carbocycles. The first kappa shape index (κ1) is 21.9. The van der Waals surface area contributed by atoms with Crippen molar-refractivity contribution < 1.29 is 4.74 Å². The van der Waals surface area contributed by atoms with Crippen LogP contribution in [0.15, 0.2) is 97.1 Å². The van der Waals surface area contributed by atoms with Crippen LogP contribution in [0, 0.1) is 6.92 Å². The first-order valence-corrected chi connectivity index (χ1v) is 11.9. The summed E-state index contributed by atoms with van der Waals surface area (Å²) in [6, 6.07) is 32.4. The van der Waals surface area contributed by atoms with Crippen LogP contribution in [0.4, 0.5) is 5.69 Å². The Hall–Kier alpha value is -3.97. The molecule has 2 heterocycles. The van der Waals surface area contributed by atoms with E-state index < -0.39 is 0 Å². The minimum atomic E-state index is -0.264. The monoisotopic (exact) mass is 467 g/mol. The van der Waals surface area contributed by atoms with Gasteiger partial charge in [-0.25, -0.2) is 4.68 Å². The number of hydrogen-bond acceptors (Lipinski definition) is 6. The minimum Gasteiger partial charge on any atom is -0.495 e. The van der Waals surface area contributed by atoms with E-state index in [4.69, 9.17) is 4.74 Å². The number of para-hydroxylation sites is 2. The zero-order valence-electron chi connectivity index (χ0n) is 19.0. The second-order valence-corrected chi connectivity index (χ2v) is 9.25. The van der Waals surface area contributed by atoms with Crippen molar-refractivity contribution >= 4 is 17.0 Å². The highest BCUT2D eigenvalue weighted by Gasteiger charge is 2.28. The third kappa shape index (κ3) is 4.43. The predicted molar refractivity (Wildman–Crippen MR) is 135 cm³/mol. The SMILES string of the molecule is COc1ccccc1N[C@H](c1ccc(C)s1)c1nnnn1C(c1ccccc1)c1ccccc1. The number of methoxy groups -OCH3 is 1. The molecular weight excluding hydrogens is 442 g/mol. The maximum absolute atomic E-state index is 5.60. The summed E-state index contributed by atoms with van der Waals surface area (Å²) in [6.07, 6.45) is 0. The fraction of sp³-hybridized carbons (Fsp3) is 0.148. The maximum Gasteiger partial charge on any atom is 0.180 e. The lowest BCUT2D eigenvalue weighted by atomic mass is 9.98. The van der Waals surface area contributed by atoms with Gasteiger partial charge < -0.3 is 10.1 Å². The standard InChI is InChI=1S/C27H25N5OS/c1-19-17-18-24(34-19)25(28-22-15-9-10-16-23(22)33-2)27-29-30-31-32(27)26(20-11-5-3-6-12-20)21-13-7-4-8-14-21/h3-18,25-26,28H,1-2H3/t25-/m1/s1. The predicted octanol–water partition coefficient (Wildman–Crippen LogP) is 5.89. The van der Waals surface area contributed by atoms with E-state index in [0.717, 1.165) is 33.3 Å². The van der Waals surface area contributed by atoms with Crippen molar-refractivity contribution in [2.24, 2.45) is 0 Å². The van der Waals surface area contributed by atoms with Gasteiger partial charge in [0.1, 0.15) is 17.8 Å². The van der Waals surface area contributed by atoms with Gasteiger partial charge in [-0.3, -0.25) is 0 Å². The fourth-order valence-electron chi connectivity index (χ4n) is 4.11. The molecule has 0 saturated heterocycles. The third-order valence-corrected chi connectivity index (χ3v) is 6.77. The summed E-state index contributed by atoms with van der Waals surface area (Å²) in [5.41, 5.74) is 3.10. The second kappa shape index (κ2) is 9.89. The summed E-state index contributed by atoms with van der Waals surface area (Å²) in [7, 11) is 1.68. The number of aryl methyl sites for hydroxylation is 1. The van der Waals surface area contributed by atoms with Crippen LogP contribution in [0.2, 0.25) is 0 Å². The maximum atomic E-state index is 5.60. The van der Waals surface area contributed by atoms with E-state index in [0.29, 0.717) is 0 Å². The lowest BCUT2D eigenvalue weighted by Crippen LogP contribution is -2.22. The number of aromatic nitrogens is 4. The lowest BCUT2D eigenvalue weighted by Gasteiger charge is -2.24. The van der Waals surface area contributed by atoms with Gasteiger partial charge in [-0.05, 0) is 52.7 Å². The van der Waals surface area contributed by atoms with Gasteiger partial charge in [-0.2, -0.15) is 0 Å². The largest absolute Gasteiger partial charge is 0.495 e. The number of nitrogens with zero attached hydrogens (tertiary/aromatic N) is 4. The highest BCUT2D eigenvalue weighted by atomic mass is 32.1. The molecule has 34 heavy (non-hydrogen) atoms. The van der Waals surface area contributed by atoms with Gasteiger partial charge in [0.15, 0.2) is 5.82 Å². The quantitative estimate of drug-likeness (QED) is 0.308. The number of tetrazole rings is 1. The van der Waals surface area contributed by atoms with Gasteiger partial charge in [0.05, 0.1) is 12.8 Å². The summed E-state index contributed by atoms with van der Waals surface area (Å²) in [4.78, 5) is 2.35. The number of benzene rings is 3. The Bertz CT molecular complexity index is 1310. The topological polar surface area (TPSA) is 64.9 Å². The van der Waals surface area contributed by atoms with E-state index in [9.17, 15) is 0 Å². The average Bonchev–Trinajstić information content (AvgIpc) is 3.54. The van der Waals surface area contributed by atoms with E-state index in [1.165, 1.54) is 4.88 Å². The Morgan fingerprint density at radius 3 is 2.09 bits per heavy atom. The Morgan fingerprint density at radius 1 is 0.824 bits per heavy atom. The number of ether oxygens (including phenoxy) is 1. The van der Waals surface area contributed by atoms with Crippen LogP contribution in [0.25, 0.3) is 0 Å². The molecule has 0 unspecified atom stereocenters. The van der Waals surface area contributed by atoms with Gasteiger partial charge in [0, 0.05) is 9.75 Å². The van der Waals surface area contributed by atoms with Crippen LogP contribution < -0.4 is 10.1 Å². The van der Waals surface area contributed by atoms with Gasteiger partial charge in [-0.15, -0.1) is 16.4 Å². The fourth-order valence-corrected chi connectivity index (χ4v) is 5.04. The van der Waals surface area contributed by atoms with Crippen LogP contribution in [0.1, 0.15) is 38.8 Å². The second-order valence-electron chi connectivity index (χ2n) is 7.93. The average molecular weight is 468 g/mol. The Kier molecular flexibility index (Phi) is 6.35. The molecule has 0 aliphatic heterocycles. The van der Waals surface area contributed by atoms with Gasteiger partial charge in [0.25, 0.3) is 0 Å². The third-order valence-electron chi connectivity index (χ3n) is 5.70. The molecule has 0 aliphatic rings. The van der Waals surface area contributed by atoms with Crippen molar-refractivity contribution in [3.05, 3.63) is 124 Å². The minimum absolute atomic E-state index is 0.171. The van der Waals surface area contributed by atoms with E-state index >= 15 is 0 Å². The Morgan fingerprint density at radius 2 is 1.47 bits per heavy atom. The Balaban J connectivity index is 1.65. The van der Waals surface area contributed by atoms with E-state index in [1.54, 1.807) is 18.4 Å². The molecule has 2 aromatic heterocycles. The summed E-state index contributed by atoms with van der Waals surface area (Å²) < 4.78 is 7.53. The molecule has 1 N–H and O–H groups in total. The summed E-state index contributed by atoms with van der Waals surface area (Å²) >= 11 is 1.73. The van der Waals surface area contributed by atoms with Crippen LogP contribution >= 0.6 is 11.3 Å². The van der Waals surface area contributed by atoms with Gasteiger partial charge >= 0.3 is 0 Å². The molecule has 7 heteroatoms. The number of rotatable bonds is 8. The molecule has 170 valence electrons. The number of thiophene rings is 1. The van der Waals surface area contributed by atoms with Crippen LogP contribution in [-0.2, 0) is 0 Å². The van der Waals surface area contributed by atoms with Gasteiger partial charge in [0.2, 0.25) is 0 Å². The van der Waals surface area contributed by atoms with Crippen LogP contribution in [-0.4, -0.2) is 27.3 Å². The molecule has 6 nitrogen and oxygen atoms in total. The molecule has 0 radical (unpaired) electrons. The molecule has 5 aromatic rings. The molecule has 5 rings (SSSR count). The summed E-state index contributed by atoms with van der Waals surface area (Å²) in [6.45, 7) is 2.11. The number of nitrogens with one attached hydrogen (secondary N) is 1. The van der Waals surface area contributed by atoms with E-state index in [1.807, 2.05) is 65.3 Å². The van der Waals surface area contributed by atoms with Crippen molar-refractivity contribution in [3.63, 3.8) is 0 Å². The molecule has 0 bridgehead atoms. The lowest BCUT2D eigenvalue weighted by molar-refractivity contribution is 0.416. The van der Waals surface area contributed by atoms with Crippen molar-refractivity contribution in [2.75, 3.05) is 12.4 Å². The Labute approximate surface area is 202 Å². The first-order chi connectivity index (χ1) is 16.7. The van der Waals surface area contributed by atoms with Crippen molar-refractivity contribution in [2.45, 2.75) is 19.0 Å². The zero-order chi connectivity index (χ0) is 23.3. The summed E-state index contributed by atoms with van der Waals surface area (Å²) in [5.74, 6) is 1.49. The number of hydrogen-bond donors (Lipinski definition) is 1. The molecular formula is C27H25N5OS. The molecule has 0 spiro atoms. The van der Waals surface area contributed by atoms with Crippen molar-refractivity contribution in [3.8, 4) is 5.75 Å². The van der Waals surface area contributed by atoms with E-state index in [-0.39, 0.29) is 12.1 Å².